The SMILES string of the molecule is CC1(C)NC(=O)N(CCCC(=O)NC2(C#Cc3nccs3)CCCCC2)C1=O. The predicted molar refractivity (Wildman–Crippen MR) is 107 cm³/mol. The van der Waals surface area contributed by atoms with E-state index in [9.17, 15) is 14.4 Å². The molecule has 1 saturated heterocycles. The number of nitrogens with zero attached hydrogens (tertiary/aromatic N) is 2. The van der Waals surface area contributed by atoms with E-state index in [4.69, 9.17) is 0 Å². The molecule has 1 aromatic heterocycles. The fraction of sp³-hybridized carbons (Fsp3) is 0.600. The summed E-state index contributed by atoms with van der Waals surface area (Å²) in [5.74, 6) is 6.01. The maximum atomic E-state index is 12.5. The van der Waals surface area contributed by atoms with Crippen LogP contribution >= 0.6 is 11.3 Å². The quantitative estimate of drug-likeness (QED) is 0.584. The van der Waals surface area contributed by atoms with E-state index in [1.165, 1.54) is 16.2 Å². The van der Waals surface area contributed by atoms with Crippen LogP contribution in [-0.2, 0) is 9.59 Å². The lowest BCUT2D eigenvalue weighted by Crippen LogP contribution is -2.49. The Labute approximate surface area is 169 Å². The Morgan fingerprint density at radius 3 is 2.68 bits per heavy atom. The molecule has 4 amide bonds. The molecule has 1 aliphatic heterocycles. The first-order valence-corrected chi connectivity index (χ1v) is 10.6. The van der Waals surface area contributed by atoms with E-state index in [-0.39, 0.29) is 24.8 Å². The van der Waals surface area contributed by atoms with Gasteiger partial charge in [-0.05, 0) is 39.0 Å². The first-order chi connectivity index (χ1) is 13.3. The van der Waals surface area contributed by atoms with Crippen molar-refractivity contribution in [2.75, 3.05) is 6.54 Å². The van der Waals surface area contributed by atoms with Crippen LogP contribution in [-0.4, -0.2) is 45.4 Å². The van der Waals surface area contributed by atoms with Crippen molar-refractivity contribution in [3.05, 3.63) is 16.6 Å². The van der Waals surface area contributed by atoms with Gasteiger partial charge in [-0.2, -0.15) is 0 Å². The summed E-state index contributed by atoms with van der Waals surface area (Å²) >= 11 is 1.48. The summed E-state index contributed by atoms with van der Waals surface area (Å²) in [4.78, 5) is 42.0. The van der Waals surface area contributed by atoms with E-state index in [1.54, 1.807) is 20.0 Å². The van der Waals surface area contributed by atoms with Gasteiger partial charge < -0.3 is 10.6 Å². The molecular weight excluding hydrogens is 376 g/mol. The Morgan fingerprint density at radius 1 is 1.32 bits per heavy atom. The molecule has 1 aromatic rings. The van der Waals surface area contributed by atoms with Crippen molar-refractivity contribution < 1.29 is 14.4 Å². The number of nitrogens with one attached hydrogen (secondary N) is 2. The summed E-state index contributed by atoms with van der Waals surface area (Å²) in [7, 11) is 0. The third-order valence-electron chi connectivity index (χ3n) is 5.16. The predicted octanol–water partition coefficient (Wildman–Crippen LogP) is 2.42. The van der Waals surface area contributed by atoms with Crippen LogP contribution in [0.3, 0.4) is 0 Å². The molecule has 0 bridgehead atoms. The van der Waals surface area contributed by atoms with Gasteiger partial charge in [0.2, 0.25) is 5.91 Å². The minimum Gasteiger partial charge on any atom is -0.340 e. The summed E-state index contributed by atoms with van der Waals surface area (Å²) in [5.41, 5.74) is -1.39. The van der Waals surface area contributed by atoms with Crippen molar-refractivity contribution in [1.82, 2.24) is 20.5 Å². The third-order valence-corrected chi connectivity index (χ3v) is 5.85. The number of rotatable bonds is 5. The van der Waals surface area contributed by atoms with Gasteiger partial charge in [0.25, 0.3) is 5.91 Å². The van der Waals surface area contributed by atoms with Crippen LogP contribution in [0.15, 0.2) is 11.6 Å². The molecule has 2 aliphatic rings. The number of carbonyl (C=O) groups is 3. The number of amides is 4. The van der Waals surface area contributed by atoms with Gasteiger partial charge in [0.1, 0.15) is 11.1 Å². The topological polar surface area (TPSA) is 91.4 Å². The van der Waals surface area contributed by atoms with Gasteiger partial charge in [0, 0.05) is 24.5 Å². The van der Waals surface area contributed by atoms with E-state index in [0.717, 1.165) is 37.1 Å². The van der Waals surface area contributed by atoms with Gasteiger partial charge in [-0.1, -0.05) is 25.2 Å². The molecule has 0 spiro atoms. The van der Waals surface area contributed by atoms with E-state index < -0.39 is 17.1 Å². The summed E-state index contributed by atoms with van der Waals surface area (Å²) in [6.45, 7) is 3.58. The number of hydrogen-bond donors (Lipinski definition) is 2. The van der Waals surface area contributed by atoms with Crippen molar-refractivity contribution in [3.63, 3.8) is 0 Å². The van der Waals surface area contributed by atoms with Crippen molar-refractivity contribution >= 4 is 29.2 Å². The first-order valence-electron chi connectivity index (χ1n) is 9.69. The minimum atomic E-state index is -0.878. The van der Waals surface area contributed by atoms with Crippen molar-refractivity contribution in [2.45, 2.75) is 69.9 Å². The highest BCUT2D eigenvalue weighted by atomic mass is 32.1. The minimum absolute atomic E-state index is 0.0957. The zero-order valence-corrected chi connectivity index (χ0v) is 17.2. The zero-order chi connectivity index (χ0) is 20.2. The number of carbonyl (C=O) groups excluding carboxylic acids is 3. The van der Waals surface area contributed by atoms with E-state index >= 15 is 0 Å². The van der Waals surface area contributed by atoms with Crippen LogP contribution in [0.25, 0.3) is 0 Å². The lowest BCUT2D eigenvalue weighted by molar-refractivity contribution is -0.130. The molecular formula is C20H26N4O3S. The molecule has 0 atom stereocenters. The molecule has 2 N–H and O–H groups in total. The van der Waals surface area contributed by atoms with Gasteiger partial charge in [0.05, 0.1) is 0 Å². The van der Waals surface area contributed by atoms with Crippen LogP contribution in [0.1, 0.15) is 63.8 Å². The smallest absolute Gasteiger partial charge is 0.325 e. The summed E-state index contributed by atoms with van der Waals surface area (Å²) in [6.07, 6.45) is 7.27. The number of imide groups is 1. The van der Waals surface area contributed by atoms with E-state index in [2.05, 4.69) is 27.5 Å². The normalized spacial score (nSPS) is 20.3. The number of hydrogen-bond acceptors (Lipinski definition) is 5. The Hall–Kier alpha value is -2.40. The Bertz CT molecular complexity index is 801. The van der Waals surface area contributed by atoms with Crippen LogP contribution in [0.4, 0.5) is 4.79 Å². The second-order valence-electron chi connectivity index (χ2n) is 7.89. The maximum Gasteiger partial charge on any atom is 0.325 e. The Kier molecular flexibility index (Phi) is 6.04. The lowest BCUT2D eigenvalue weighted by atomic mass is 9.82. The van der Waals surface area contributed by atoms with Gasteiger partial charge in [-0.15, -0.1) is 11.3 Å². The molecule has 1 saturated carbocycles. The second kappa shape index (κ2) is 8.31. The molecule has 2 fully saturated rings. The van der Waals surface area contributed by atoms with Crippen molar-refractivity contribution in [1.29, 1.82) is 0 Å². The highest BCUT2D eigenvalue weighted by Crippen LogP contribution is 2.28. The molecule has 28 heavy (non-hydrogen) atoms. The van der Waals surface area contributed by atoms with Gasteiger partial charge in [0.15, 0.2) is 5.01 Å². The zero-order valence-electron chi connectivity index (χ0n) is 16.3. The van der Waals surface area contributed by atoms with Crippen LogP contribution in [0.5, 0.6) is 0 Å². The van der Waals surface area contributed by atoms with Crippen molar-refractivity contribution in [3.8, 4) is 11.8 Å². The Balaban J connectivity index is 1.56. The van der Waals surface area contributed by atoms with Crippen molar-refractivity contribution in [2.24, 2.45) is 0 Å². The second-order valence-corrected chi connectivity index (χ2v) is 8.79. The molecule has 3 rings (SSSR count). The van der Waals surface area contributed by atoms with Crippen LogP contribution < -0.4 is 10.6 Å². The molecule has 2 heterocycles. The number of aromatic nitrogens is 1. The van der Waals surface area contributed by atoms with Crippen LogP contribution in [0.2, 0.25) is 0 Å². The molecule has 0 radical (unpaired) electrons. The average Bonchev–Trinajstić information content (AvgIpc) is 3.23. The lowest BCUT2D eigenvalue weighted by Gasteiger charge is -2.33. The molecule has 0 unspecified atom stereocenters. The first kappa shape index (κ1) is 20.3. The molecule has 7 nitrogen and oxygen atoms in total. The maximum absolute atomic E-state index is 12.5. The van der Waals surface area contributed by atoms with Gasteiger partial charge >= 0.3 is 6.03 Å². The largest absolute Gasteiger partial charge is 0.340 e. The highest BCUT2D eigenvalue weighted by molar-refractivity contribution is 7.10. The third kappa shape index (κ3) is 4.71. The van der Waals surface area contributed by atoms with E-state index in [0.29, 0.717) is 6.42 Å². The fourth-order valence-electron chi connectivity index (χ4n) is 3.64. The number of urea groups is 1. The summed E-state index contributed by atoms with van der Waals surface area (Å²) < 4.78 is 0. The number of thiazole rings is 1. The molecule has 8 heteroatoms. The molecule has 0 aromatic carbocycles. The average molecular weight is 403 g/mol. The highest BCUT2D eigenvalue weighted by Gasteiger charge is 2.43. The molecule has 1 aliphatic carbocycles. The van der Waals surface area contributed by atoms with Gasteiger partial charge in [-0.25, -0.2) is 9.78 Å². The molecule has 150 valence electrons. The fourth-order valence-corrected chi connectivity index (χ4v) is 4.13. The summed E-state index contributed by atoms with van der Waals surface area (Å²) in [5, 5.41) is 8.40. The summed E-state index contributed by atoms with van der Waals surface area (Å²) in [6, 6.07) is -0.395. The van der Waals surface area contributed by atoms with Gasteiger partial charge in [-0.3, -0.25) is 14.5 Å². The monoisotopic (exact) mass is 402 g/mol. The van der Waals surface area contributed by atoms with E-state index in [1.807, 2.05) is 5.38 Å². The standard InChI is InChI=1S/C20H26N4O3S/c1-19(2)17(26)24(18(27)23-19)13-6-7-15(25)22-20(9-4-3-5-10-20)11-8-16-21-12-14-28-16/h12,14H,3-7,9-10,13H2,1-2H3,(H,22,25)(H,23,27). The Morgan fingerprint density at radius 2 is 2.07 bits per heavy atom. The van der Waals surface area contributed by atoms with Crippen LogP contribution in [0, 0.1) is 11.8 Å².